The molecule has 134 valence electrons. The molecule has 1 amide bonds. The Morgan fingerprint density at radius 2 is 1.73 bits per heavy atom. The van der Waals surface area contributed by atoms with Crippen molar-refractivity contribution >= 4 is 23.0 Å². The van der Waals surface area contributed by atoms with Gasteiger partial charge in [0, 0.05) is 28.7 Å². The first kappa shape index (κ1) is 17.3. The molecule has 0 atom stereocenters. The Bertz CT molecular complexity index is 963. The number of benzene rings is 2. The number of amides is 1. The van der Waals surface area contributed by atoms with E-state index < -0.39 is 0 Å². The number of fused-ring (bicyclic) bond motifs is 1. The summed E-state index contributed by atoms with van der Waals surface area (Å²) in [5, 5.41) is 4.87. The van der Waals surface area contributed by atoms with Crippen LogP contribution in [-0.2, 0) is 0 Å². The van der Waals surface area contributed by atoms with Crippen LogP contribution in [0.4, 0.5) is 0 Å². The fourth-order valence-electron chi connectivity index (χ4n) is 2.63. The van der Waals surface area contributed by atoms with Gasteiger partial charge >= 0.3 is 0 Å². The van der Waals surface area contributed by atoms with Crippen molar-refractivity contribution in [1.29, 1.82) is 0 Å². The molecule has 3 aromatic rings. The van der Waals surface area contributed by atoms with Crippen LogP contribution in [0.5, 0.6) is 17.2 Å². The maximum absolute atomic E-state index is 12.4. The van der Waals surface area contributed by atoms with E-state index in [2.05, 4.69) is 15.5 Å². The molecule has 0 spiro atoms. The number of nitrogens with zero attached hydrogens (tertiary/aromatic N) is 1. The highest BCUT2D eigenvalue weighted by Gasteiger charge is 2.12. The summed E-state index contributed by atoms with van der Waals surface area (Å²) in [5.74, 6) is 1.33. The number of H-pyrrole nitrogens is 1. The molecule has 0 saturated carbocycles. The molecule has 2 aromatic carbocycles. The number of carbonyl (C=O) groups excluding carboxylic acids is 1. The van der Waals surface area contributed by atoms with E-state index in [-0.39, 0.29) is 5.91 Å². The lowest BCUT2D eigenvalue weighted by Crippen LogP contribution is -2.17. The van der Waals surface area contributed by atoms with Crippen LogP contribution in [0.25, 0.3) is 10.9 Å². The minimum absolute atomic E-state index is 0.307. The lowest BCUT2D eigenvalue weighted by atomic mass is 10.2. The normalized spacial score (nSPS) is 10.9. The number of carbonyl (C=O) groups is 1. The van der Waals surface area contributed by atoms with Crippen molar-refractivity contribution in [3.63, 3.8) is 0 Å². The van der Waals surface area contributed by atoms with Gasteiger partial charge in [-0.05, 0) is 12.1 Å². The van der Waals surface area contributed by atoms with Gasteiger partial charge < -0.3 is 19.2 Å². The summed E-state index contributed by atoms with van der Waals surface area (Å²) in [4.78, 5) is 15.4. The lowest BCUT2D eigenvalue weighted by molar-refractivity contribution is 0.0957. The van der Waals surface area contributed by atoms with Gasteiger partial charge in [0.25, 0.3) is 5.91 Å². The maximum atomic E-state index is 12.4. The first-order valence-electron chi connectivity index (χ1n) is 7.87. The van der Waals surface area contributed by atoms with Crippen molar-refractivity contribution in [3.8, 4) is 17.2 Å². The molecule has 1 aromatic heterocycles. The number of ether oxygens (including phenoxy) is 3. The Kier molecular flexibility index (Phi) is 5.07. The predicted molar refractivity (Wildman–Crippen MR) is 99.5 cm³/mol. The molecule has 3 rings (SSSR count). The summed E-state index contributed by atoms with van der Waals surface area (Å²) < 4.78 is 15.9. The zero-order valence-corrected chi connectivity index (χ0v) is 14.7. The van der Waals surface area contributed by atoms with Crippen molar-refractivity contribution in [2.24, 2.45) is 5.10 Å². The van der Waals surface area contributed by atoms with Crippen LogP contribution >= 0.6 is 0 Å². The number of rotatable bonds is 6. The monoisotopic (exact) mass is 353 g/mol. The smallest absolute Gasteiger partial charge is 0.273 e. The highest BCUT2D eigenvalue weighted by Crippen LogP contribution is 2.33. The number of hydrogen-bond acceptors (Lipinski definition) is 5. The summed E-state index contributed by atoms with van der Waals surface area (Å²) in [7, 11) is 4.64. The van der Waals surface area contributed by atoms with Crippen LogP contribution in [-0.4, -0.2) is 38.4 Å². The minimum Gasteiger partial charge on any atom is -0.496 e. The Morgan fingerprint density at radius 3 is 2.46 bits per heavy atom. The van der Waals surface area contributed by atoms with Crippen molar-refractivity contribution in [3.05, 3.63) is 53.7 Å². The summed E-state index contributed by atoms with van der Waals surface area (Å²) in [5.41, 5.74) is 4.59. The van der Waals surface area contributed by atoms with E-state index in [4.69, 9.17) is 14.2 Å². The fourth-order valence-corrected chi connectivity index (χ4v) is 2.63. The highest BCUT2D eigenvalue weighted by molar-refractivity contribution is 6.06. The summed E-state index contributed by atoms with van der Waals surface area (Å²) >= 11 is 0. The van der Waals surface area contributed by atoms with E-state index in [9.17, 15) is 4.79 Å². The number of aromatic amines is 1. The van der Waals surface area contributed by atoms with Crippen LogP contribution in [0.15, 0.2) is 47.7 Å². The van der Waals surface area contributed by atoms with Gasteiger partial charge in [0.2, 0.25) is 0 Å². The minimum atomic E-state index is -0.307. The average Bonchev–Trinajstić information content (AvgIpc) is 3.11. The molecule has 0 saturated heterocycles. The molecule has 0 aliphatic carbocycles. The quantitative estimate of drug-likeness (QED) is 0.527. The molecule has 26 heavy (non-hydrogen) atoms. The molecule has 0 radical (unpaired) electrons. The SMILES string of the molecule is COc1cc(OC)c(OC)cc1/C=N/NC(=O)c1c[nH]c2ccccc12. The van der Waals surface area contributed by atoms with E-state index in [0.717, 1.165) is 10.9 Å². The van der Waals surface area contributed by atoms with Crippen LogP contribution in [0, 0.1) is 0 Å². The number of para-hydroxylation sites is 1. The van der Waals surface area contributed by atoms with Gasteiger partial charge in [0.1, 0.15) is 5.75 Å². The number of aromatic nitrogens is 1. The van der Waals surface area contributed by atoms with Crippen LogP contribution < -0.4 is 19.6 Å². The highest BCUT2D eigenvalue weighted by atomic mass is 16.5. The number of methoxy groups -OCH3 is 3. The third kappa shape index (κ3) is 3.32. The Labute approximate surface area is 150 Å². The molecule has 0 aliphatic rings. The second-order valence-corrected chi connectivity index (χ2v) is 5.40. The predicted octanol–water partition coefficient (Wildman–Crippen LogP) is 2.96. The molecule has 0 unspecified atom stereocenters. The molecule has 0 aliphatic heterocycles. The Balaban J connectivity index is 1.81. The third-order valence-electron chi connectivity index (χ3n) is 3.94. The van der Waals surface area contributed by atoms with E-state index in [0.29, 0.717) is 28.4 Å². The van der Waals surface area contributed by atoms with E-state index in [1.54, 1.807) is 39.7 Å². The Morgan fingerprint density at radius 1 is 1.04 bits per heavy atom. The molecular formula is C19H19N3O4. The number of nitrogens with one attached hydrogen (secondary N) is 2. The van der Waals surface area contributed by atoms with Gasteiger partial charge in [0.05, 0.1) is 33.1 Å². The number of hydrazone groups is 1. The molecule has 0 fully saturated rings. The Hall–Kier alpha value is -3.48. The van der Waals surface area contributed by atoms with Crippen LogP contribution in [0.1, 0.15) is 15.9 Å². The van der Waals surface area contributed by atoms with Gasteiger partial charge in [0.15, 0.2) is 11.5 Å². The van der Waals surface area contributed by atoms with Crippen molar-refractivity contribution in [1.82, 2.24) is 10.4 Å². The third-order valence-corrected chi connectivity index (χ3v) is 3.94. The van der Waals surface area contributed by atoms with Crippen molar-refractivity contribution < 1.29 is 19.0 Å². The topological polar surface area (TPSA) is 84.9 Å². The first-order valence-corrected chi connectivity index (χ1v) is 7.87. The average molecular weight is 353 g/mol. The van der Waals surface area contributed by atoms with Crippen LogP contribution in [0.3, 0.4) is 0 Å². The molecular weight excluding hydrogens is 334 g/mol. The summed E-state index contributed by atoms with van der Waals surface area (Å²) in [6.45, 7) is 0. The zero-order chi connectivity index (χ0) is 18.5. The van der Waals surface area contributed by atoms with Gasteiger partial charge in [-0.25, -0.2) is 5.43 Å². The van der Waals surface area contributed by atoms with Crippen molar-refractivity contribution in [2.75, 3.05) is 21.3 Å². The largest absolute Gasteiger partial charge is 0.496 e. The van der Waals surface area contributed by atoms with Gasteiger partial charge in [-0.3, -0.25) is 4.79 Å². The second kappa shape index (κ2) is 7.60. The van der Waals surface area contributed by atoms with Gasteiger partial charge in [-0.1, -0.05) is 18.2 Å². The standard InChI is InChI=1S/C19H19N3O4/c1-24-16-9-18(26-3)17(25-2)8-12(16)10-21-22-19(23)14-11-20-15-7-5-4-6-13(14)15/h4-11,20H,1-3H3,(H,22,23)/b21-10+. The van der Waals surface area contributed by atoms with Gasteiger partial charge in [-0.15, -0.1) is 0 Å². The van der Waals surface area contributed by atoms with E-state index in [1.165, 1.54) is 6.21 Å². The molecule has 7 heteroatoms. The maximum Gasteiger partial charge on any atom is 0.273 e. The van der Waals surface area contributed by atoms with Gasteiger partial charge in [-0.2, -0.15) is 5.10 Å². The summed E-state index contributed by atoms with van der Waals surface area (Å²) in [6, 6.07) is 11.0. The zero-order valence-electron chi connectivity index (χ0n) is 14.7. The van der Waals surface area contributed by atoms with Crippen LogP contribution in [0.2, 0.25) is 0 Å². The molecule has 2 N–H and O–H groups in total. The van der Waals surface area contributed by atoms with Crippen molar-refractivity contribution in [2.45, 2.75) is 0 Å². The first-order chi connectivity index (χ1) is 12.7. The lowest BCUT2D eigenvalue weighted by Gasteiger charge is -2.11. The molecule has 7 nitrogen and oxygen atoms in total. The summed E-state index contributed by atoms with van der Waals surface area (Å²) in [6.07, 6.45) is 3.15. The van der Waals surface area contributed by atoms with E-state index in [1.807, 2.05) is 24.3 Å². The molecule has 0 bridgehead atoms. The van der Waals surface area contributed by atoms with E-state index >= 15 is 0 Å². The number of hydrogen-bond donors (Lipinski definition) is 2. The fraction of sp³-hybridized carbons (Fsp3) is 0.158. The second-order valence-electron chi connectivity index (χ2n) is 5.40. The molecule has 1 heterocycles.